The standard InChI is InChI=1S/C27H31BN6/c1-20(22-8-3-2-4-9-22)11-14-33-13-6-10-23(19-33)25-15-26(30-17-21-7-5-12-29-16-21)34-27(32-25)24(28)18-31-34/h2-5,7-9,12,15-16,18,20,23,30H,6,10-11,13-14,17,19H2,1H3. The van der Waals surface area contributed by atoms with E-state index in [0.29, 0.717) is 23.8 Å². The minimum absolute atomic E-state index is 0.388. The Balaban J connectivity index is 1.30. The Bertz CT molecular complexity index is 1210. The molecule has 1 fully saturated rings. The highest BCUT2D eigenvalue weighted by Crippen LogP contribution is 2.29. The molecule has 4 aromatic rings. The first-order valence-electron chi connectivity index (χ1n) is 12.2. The van der Waals surface area contributed by atoms with Crippen molar-refractivity contribution >= 4 is 24.8 Å². The van der Waals surface area contributed by atoms with Crippen LogP contribution in [0.3, 0.4) is 0 Å². The Kier molecular flexibility index (Phi) is 6.91. The summed E-state index contributed by atoms with van der Waals surface area (Å²) >= 11 is 0. The fraction of sp³-hybridized carbons (Fsp3) is 0.370. The molecule has 7 heteroatoms. The fourth-order valence-corrected chi connectivity index (χ4v) is 4.85. The third kappa shape index (κ3) is 5.15. The van der Waals surface area contributed by atoms with Gasteiger partial charge in [0.25, 0.3) is 0 Å². The normalized spacial score (nSPS) is 17.6. The number of fused-ring (bicyclic) bond motifs is 1. The molecule has 2 atom stereocenters. The predicted octanol–water partition coefficient (Wildman–Crippen LogP) is 3.90. The molecule has 3 aromatic heterocycles. The lowest BCUT2D eigenvalue weighted by Gasteiger charge is -2.33. The minimum Gasteiger partial charge on any atom is -0.366 e. The van der Waals surface area contributed by atoms with Crippen molar-refractivity contribution in [2.75, 3.05) is 25.0 Å². The number of likely N-dealkylation sites (tertiary alicyclic amines) is 1. The van der Waals surface area contributed by atoms with E-state index in [4.69, 9.17) is 12.8 Å². The van der Waals surface area contributed by atoms with E-state index in [0.717, 1.165) is 55.2 Å². The van der Waals surface area contributed by atoms with Crippen molar-refractivity contribution in [1.82, 2.24) is 24.5 Å². The summed E-state index contributed by atoms with van der Waals surface area (Å²) in [5, 5.41) is 7.97. The smallest absolute Gasteiger partial charge is 0.150 e. The molecule has 2 radical (unpaired) electrons. The summed E-state index contributed by atoms with van der Waals surface area (Å²) in [5.74, 6) is 1.86. The summed E-state index contributed by atoms with van der Waals surface area (Å²) in [5.41, 5.74) is 4.96. The Labute approximate surface area is 202 Å². The van der Waals surface area contributed by atoms with E-state index in [9.17, 15) is 0 Å². The van der Waals surface area contributed by atoms with Gasteiger partial charge in [-0.15, -0.1) is 0 Å². The molecule has 6 nitrogen and oxygen atoms in total. The predicted molar refractivity (Wildman–Crippen MR) is 138 cm³/mol. The number of piperidine rings is 1. The van der Waals surface area contributed by atoms with Crippen LogP contribution in [-0.4, -0.2) is 52.0 Å². The summed E-state index contributed by atoms with van der Waals surface area (Å²) in [4.78, 5) is 11.8. The van der Waals surface area contributed by atoms with E-state index in [1.165, 1.54) is 12.0 Å². The number of benzene rings is 1. The Morgan fingerprint density at radius 1 is 1.15 bits per heavy atom. The average Bonchev–Trinajstić information content (AvgIpc) is 3.28. The Morgan fingerprint density at radius 3 is 2.85 bits per heavy atom. The zero-order valence-electron chi connectivity index (χ0n) is 19.8. The van der Waals surface area contributed by atoms with E-state index in [1.807, 2.05) is 12.3 Å². The molecule has 1 aromatic carbocycles. The van der Waals surface area contributed by atoms with Gasteiger partial charge in [0.15, 0.2) is 5.65 Å². The van der Waals surface area contributed by atoms with Crippen LogP contribution in [0.5, 0.6) is 0 Å². The SMILES string of the molecule is [B]c1cnn2c(NCc3cccnc3)cc(C3CCCN(CCC(C)c4ccccc4)C3)nc12. The quantitative estimate of drug-likeness (QED) is 0.413. The lowest BCUT2D eigenvalue weighted by atomic mass is 9.92. The number of hydrogen-bond acceptors (Lipinski definition) is 5. The maximum absolute atomic E-state index is 6.22. The topological polar surface area (TPSA) is 58.4 Å². The third-order valence-electron chi connectivity index (χ3n) is 6.89. The van der Waals surface area contributed by atoms with Crippen molar-refractivity contribution in [2.24, 2.45) is 0 Å². The van der Waals surface area contributed by atoms with Crippen LogP contribution in [0.2, 0.25) is 0 Å². The van der Waals surface area contributed by atoms with Crippen LogP contribution in [0.15, 0.2) is 67.1 Å². The van der Waals surface area contributed by atoms with Crippen LogP contribution in [0.25, 0.3) is 5.65 Å². The van der Waals surface area contributed by atoms with Gasteiger partial charge in [-0.2, -0.15) is 9.61 Å². The third-order valence-corrected chi connectivity index (χ3v) is 6.89. The van der Waals surface area contributed by atoms with Gasteiger partial charge < -0.3 is 10.2 Å². The van der Waals surface area contributed by atoms with Crippen molar-refractivity contribution in [2.45, 2.75) is 44.6 Å². The maximum Gasteiger partial charge on any atom is 0.150 e. The first-order valence-corrected chi connectivity index (χ1v) is 12.2. The zero-order valence-corrected chi connectivity index (χ0v) is 19.8. The molecule has 1 aliphatic heterocycles. The average molecular weight is 450 g/mol. The van der Waals surface area contributed by atoms with E-state index in [2.05, 4.69) is 69.7 Å². The molecule has 34 heavy (non-hydrogen) atoms. The first-order chi connectivity index (χ1) is 16.7. The molecule has 5 rings (SSSR count). The number of hydrogen-bond donors (Lipinski definition) is 1. The van der Waals surface area contributed by atoms with Crippen LogP contribution in [0.1, 0.15) is 54.8 Å². The number of pyridine rings is 1. The monoisotopic (exact) mass is 450 g/mol. The molecule has 0 amide bonds. The zero-order chi connectivity index (χ0) is 23.3. The lowest BCUT2D eigenvalue weighted by Crippen LogP contribution is -2.36. The maximum atomic E-state index is 6.22. The number of anilines is 1. The second kappa shape index (κ2) is 10.4. The van der Waals surface area contributed by atoms with Crippen LogP contribution >= 0.6 is 0 Å². The lowest BCUT2D eigenvalue weighted by molar-refractivity contribution is 0.200. The van der Waals surface area contributed by atoms with Crippen LogP contribution in [0, 0.1) is 0 Å². The molecule has 4 heterocycles. The molecule has 1 aliphatic rings. The van der Waals surface area contributed by atoms with Crippen LogP contribution in [0.4, 0.5) is 5.82 Å². The largest absolute Gasteiger partial charge is 0.366 e. The van der Waals surface area contributed by atoms with Gasteiger partial charge in [-0.3, -0.25) is 4.98 Å². The second-order valence-electron chi connectivity index (χ2n) is 9.36. The molecular formula is C27H31BN6. The van der Waals surface area contributed by atoms with Gasteiger partial charge in [0, 0.05) is 43.7 Å². The molecule has 0 spiro atoms. The molecule has 2 unspecified atom stereocenters. The number of nitrogens with one attached hydrogen (secondary N) is 1. The molecule has 1 saturated heterocycles. The second-order valence-corrected chi connectivity index (χ2v) is 9.36. The highest BCUT2D eigenvalue weighted by Gasteiger charge is 2.24. The summed E-state index contributed by atoms with van der Waals surface area (Å²) < 4.78 is 1.80. The fourth-order valence-electron chi connectivity index (χ4n) is 4.85. The molecule has 0 aliphatic carbocycles. The molecule has 1 N–H and O–H groups in total. The minimum atomic E-state index is 0.388. The van der Waals surface area contributed by atoms with E-state index < -0.39 is 0 Å². The molecule has 172 valence electrons. The highest BCUT2D eigenvalue weighted by molar-refractivity contribution is 6.36. The number of aromatic nitrogens is 4. The van der Waals surface area contributed by atoms with Gasteiger partial charge >= 0.3 is 0 Å². The van der Waals surface area contributed by atoms with Gasteiger partial charge in [-0.25, -0.2) is 4.98 Å². The van der Waals surface area contributed by atoms with Crippen LogP contribution in [-0.2, 0) is 6.54 Å². The van der Waals surface area contributed by atoms with Crippen molar-refractivity contribution < 1.29 is 0 Å². The Hall–Kier alpha value is -3.19. The number of rotatable bonds is 8. The van der Waals surface area contributed by atoms with Crippen LogP contribution < -0.4 is 10.8 Å². The molecule has 0 saturated carbocycles. The molecular weight excluding hydrogens is 419 g/mol. The van der Waals surface area contributed by atoms with E-state index in [1.54, 1.807) is 16.9 Å². The van der Waals surface area contributed by atoms with E-state index >= 15 is 0 Å². The summed E-state index contributed by atoms with van der Waals surface area (Å²) in [6, 6.07) is 17.0. The summed E-state index contributed by atoms with van der Waals surface area (Å²) in [6.07, 6.45) is 8.83. The van der Waals surface area contributed by atoms with Gasteiger partial charge in [0.2, 0.25) is 0 Å². The summed E-state index contributed by atoms with van der Waals surface area (Å²) in [6.45, 7) is 6.28. The first kappa shape index (κ1) is 22.6. The van der Waals surface area contributed by atoms with Gasteiger partial charge in [-0.05, 0) is 60.9 Å². The van der Waals surface area contributed by atoms with Gasteiger partial charge in [0.05, 0.1) is 5.69 Å². The van der Waals surface area contributed by atoms with Crippen molar-refractivity contribution in [1.29, 1.82) is 0 Å². The van der Waals surface area contributed by atoms with E-state index in [-0.39, 0.29) is 0 Å². The van der Waals surface area contributed by atoms with Crippen molar-refractivity contribution in [3.63, 3.8) is 0 Å². The summed E-state index contributed by atoms with van der Waals surface area (Å²) in [7, 11) is 6.22. The molecule has 0 bridgehead atoms. The Morgan fingerprint density at radius 2 is 2.03 bits per heavy atom. The number of nitrogens with zero attached hydrogens (tertiary/aromatic N) is 5. The van der Waals surface area contributed by atoms with Crippen molar-refractivity contribution in [3.8, 4) is 0 Å². The highest BCUT2D eigenvalue weighted by atomic mass is 15.3. The van der Waals surface area contributed by atoms with Gasteiger partial charge in [0.1, 0.15) is 13.7 Å². The van der Waals surface area contributed by atoms with Crippen molar-refractivity contribution in [3.05, 3.63) is 83.9 Å². The van der Waals surface area contributed by atoms with Gasteiger partial charge in [-0.1, -0.05) is 43.3 Å².